The second kappa shape index (κ2) is 3.63. The van der Waals surface area contributed by atoms with Crippen LogP contribution in [0.2, 0.25) is 0 Å². The van der Waals surface area contributed by atoms with Gasteiger partial charge in [-0.15, -0.1) is 0 Å². The van der Waals surface area contributed by atoms with Gasteiger partial charge in [-0.2, -0.15) is 0 Å². The van der Waals surface area contributed by atoms with Crippen molar-refractivity contribution in [3.05, 3.63) is 0 Å². The molecule has 2 rings (SSSR count). The van der Waals surface area contributed by atoms with Gasteiger partial charge < -0.3 is 0 Å². The Balaban J connectivity index is 1.52. The summed E-state index contributed by atoms with van der Waals surface area (Å²) < 4.78 is 0. The van der Waals surface area contributed by atoms with E-state index in [1.165, 1.54) is 43.4 Å². The van der Waals surface area contributed by atoms with Crippen LogP contribution in [-0.2, 0) is 0 Å². The molecule has 0 amide bonds. The number of fused-ring (bicyclic) bond motifs is 1. The van der Waals surface area contributed by atoms with E-state index in [9.17, 15) is 0 Å². The van der Waals surface area contributed by atoms with Crippen LogP contribution >= 0.6 is 0 Å². The van der Waals surface area contributed by atoms with Gasteiger partial charge in [0.2, 0.25) is 0 Å². The summed E-state index contributed by atoms with van der Waals surface area (Å²) in [7, 11) is 0. The Labute approximate surface area is 83.1 Å². The fraction of sp³-hybridized carbons (Fsp3) is 1.00. The molecule has 0 aromatic carbocycles. The molecule has 0 aliphatic heterocycles. The minimum Gasteiger partial charge on any atom is -0.0651 e. The van der Waals surface area contributed by atoms with Crippen LogP contribution in [0, 0.1) is 29.6 Å². The number of hydrogen-bond acceptors (Lipinski definition) is 0. The first-order valence-electron chi connectivity index (χ1n) is 6.24. The van der Waals surface area contributed by atoms with Crippen molar-refractivity contribution in [2.45, 2.75) is 52.9 Å². The number of hydrogen-bond donors (Lipinski definition) is 0. The Bertz CT molecular complexity index is 165. The highest BCUT2D eigenvalue weighted by Gasteiger charge is 2.65. The maximum Gasteiger partial charge on any atom is -0.0326 e. The Morgan fingerprint density at radius 3 is 2.31 bits per heavy atom. The first-order chi connectivity index (χ1) is 6.24. The summed E-state index contributed by atoms with van der Waals surface area (Å²) in [6.07, 6.45) is 7.39. The third kappa shape index (κ3) is 2.08. The van der Waals surface area contributed by atoms with Gasteiger partial charge in [-0.1, -0.05) is 46.5 Å². The summed E-state index contributed by atoms with van der Waals surface area (Å²) in [5.41, 5.74) is 0. The van der Waals surface area contributed by atoms with Crippen LogP contribution in [0.25, 0.3) is 0 Å². The van der Waals surface area contributed by atoms with Gasteiger partial charge in [0, 0.05) is 0 Å². The molecule has 76 valence electrons. The third-order valence-electron chi connectivity index (χ3n) is 4.45. The fourth-order valence-electron chi connectivity index (χ4n) is 2.86. The van der Waals surface area contributed by atoms with Crippen molar-refractivity contribution in [1.82, 2.24) is 0 Å². The van der Waals surface area contributed by atoms with Crippen LogP contribution in [-0.4, -0.2) is 0 Å². The van der Waals surface area contributed by atoms with Gasteiger partial charge in [0.25, 0.3) is 0 Å². The lowest BCUT2D eigenvalue weighted by atomic mass is 9.91. The summed E-state index contributed by atoms with van der Waals surface area (Å²) in [5.74, 6) is 5.60. The van der Waals surface area contributed by atoms with E-state index in [4.69, 9.17) is 0 Å². The van der Waals surface area contributed by atoms with E-state index >= 15 is 0 Å². The summed E-state index contributed by atoms with van der Waals surface area (Å²) in [6.45, 7) is 7.18. The van der Waals surface area contributed by atoms with E-state index in [2.05, 4.69) is 20.8 Å². The van der Waals surface area contributed by atoms with Crippen molar-refractivity contribution < 1.29 is 0 Å². The van der Waals surface area contributed by atoms with E-state index in [0.717, 1.165) is 11.8 Å². The Morgan fingerprint density at radius 2 is 1.85 bits per heavy atom. The van der Waals surface area contributed by atoms with Gasteiger partial charge in [0.15, 0.2) is 0 Å². The molecule has 0 N–H and O–H groups in total. The van der Waals surface area contributed by atoms with Gasteiger partial charge in [0.05, 0.1) is 0 Å². The summed E-state index contributed by atoms with van der Waals surface area (Å²) in [4.78, 5) is 0. The predicted octanol–water partition coefficient (Wildman–Crippen LogP) is 4.10. The van der Waals surface area contributed by atoms with E-state index in [0.29, 0.717) is 0 Å². The maximum atomic E-state index is 2.48. The quantitative estimate of drug-likeness (QED) is 0.577. The second-order valence-electron chi connectivity index (χ2n) is 5.56. The first kappa shape index (κ1) is 9.55. The molecule has 0 bridgehead atoms. The van der Waals surface area contributed by atoms with Crippen LogP contribution in [0.5, 0.6) is 0 Å². The molecule has 2 saturated carbocycles. The highest BCUT2D eigenvalue weighted by Crippen LogP contribution is 2.71. The second-order valence-corrected chi connectivity index (χ2v) is 5.56. The summed E-state index contributed by atoms with van der Waals surface area (Å²) in [5, 5.41) is 0. The standard InChI is InChI=1S/C13H24/c1-4-9(2)6-5-7-10(3)13-11-8-12(11)13/h9-13H,4-8H2,1-3H3. The largest absolute Gasteiger partial charge is 0.0651 e. The van der Waals surface area contributed by atoms with Gasteiger partial charge in [-0.3, -0.25) is 0 Å². The molecule has 0 radical (unpaired) electrons. The van der Waals surface area contributed by atoms with E-state index in [1.54, 1.807) is 6.42 Å². The highest BCUT2D eigenvalue weighted by molar-refractivity contribution is 5.13. The highest BCUT2D eigenvalue weighted by atomic mass is 14.7. The maximum absolute atomic E-state index is 2.48. The van der Waals surface area contributed by atoms with Crippen LogP contribution in [0.1, 0.15) is 52.9 Å². The van der Waals surface area contributed by atoms with Crippen molar-refractivity contribution in [2.75, 3.05) is 0 Å². The Kier molecular flexibility index (Phi) is 2.67. The molecular weight excluding hydrogens is 156 g/mol. The van der Waals surface area contributed by atoms with Gasteiger partial charge in [0.1, 0.15) is 0 Å². The molecule has 13 heavy (non-hydrogen) atoms. The van der Waals surface area contributed by atoms with Crippen LogP contribution < -0.4 is 0 Å². The molecule has 0 heterocycles. The average molecular weight is 180 g/mol. The third-order valence-corrected chi connectivity index (χ3v) is 4.45. The lowest BCUT2D eigenvalue weighted by Gasteiger charge is -2.15. The fourth-order valence-corrected chi connectivity index (χ4v) is 2.86. The molecule has 4 atom stereocenters. The van der Waals surface area contributed by atoms with Crippen LogP contribution in [0.4, 0.5) is 0 Å². The summed E-state index contributed by atoms with van der Waals surface area (Å²) in [6, 6.07) is 0. The molecule has 2 fully saturated rings. The molecule has 2 aliphatic rings. The molecule has 0 heteroatoms. The predicted molar refractivity (Wildman–Crippen MR) is 57.6 cm³/mol. The minimum absolute atomic E-state index is 0.959. The van der Waals surface area contributed by atoms with Crippen molar-refractivity contribution in [3.8, 4) is 0 Å². The normalized spacial score (nSPS) is 39.5. The zero-order valence-corrected chi connectivity index (χ0v) is 9.42. The first-order valence-corrected chi connectivity index (χ1v) is 6.24. The topological polar surface area (TPSA) is 0 Å². The molecule has 0 nitrogen and oxygen atoms in total. The van der Waals surface area contributed by atoms with Crippen molar-refractivity contribution in [2.24, 2.45) is 29.6 Å². The average Bonchev–Trinajstić information content (AvgIpc) is 2.91. The van der Waals surface area contributed by atoms with Gasteiger partial charge in [-0.05, 0) is 36.0 Å². The molecule has 2 aliphatic carbocycles. The van der Waals surface area contributed by atoms with E-state index < -0.39 is 0 Å². The molecule has 0 aromatic heterocycles. The molecule has 4 unspecified atom stereocenters. The molecule has 0 spiro atoms. The Hall–Kier alpha value is 0. The molecule has 0 saturated heterocycles. The van der Waals surface area contributed by atoms with Crippen LogP contribution in [0.15, 0.2) is 0 Å². The lowest BCUT2D eigenvalue weighted by Crippen LogP contribution is -2.05. The van der Waals surface area contributed by atoms with Crippen molar-refractivity contribution >= 4 is 0 Å². The Morgan fingerprint density at radius 1 is 1.15 bits per heavy atom. The van der Waals surface area contributed by atoms with Crippen molar-refractivity contribution in [3.63, 3.8) is 0 Å². The van der Waals surface area contributed by atoms with Crippen molar-refractivity contribution in [1.29, 1.82) is 0 Å². The SMILES string of the molecule is CCC(C)CCCC(C)C1C2CC21. The number of rotatable bonds is 6. The molecular formula is C13H24. The van der Waals surface area contributed by atoms with E-state index in [-0.39, 0.29) is 0 Å². The van der Waals surface area contributed by atoms with Crippen LogP contribution in [0.3, 0.4) is 0 Å². The minimum atomic E-state index is 0.959. The monoisotopic (exact) mass is 180 g/mol. The van der Waals surface area contributed by atoms with Gasteiger partial charge >= 0.3 is 0 Å². The van der Waals surface area contributed by atoms with E-state index in [1.807, 2.05) is 0 Å². The smallest absolute Gasteiger partial charge is 0.0326 e. The zero-order valence-electron chi connectivity index (χ0n) is 9.42. The molecule has 0 aromatic rings. The summed E-state index contributed by atoms with van der Waals surface area (Å²) >= 11 is 0. The van der Waals surface area contributed by atoms with Gasteiger partial charge in [-0.25, -0.2) is 0 Å². The zero-order chi connectivity index (χ0) is 9.42. The lowest BCUT2D eigenvalue weighted by molar-refractivity contribution is 0.359.